The molecule has 2 aromatic heterocycles. The van der Waals surface area contributed by atoms with Crippen molar-refractivity contribution in [1.29, 1.82) is 0 Å². The van der Waals surface area contributed by atoms with Crippen LogP contribution in [0.5, 0.6) is 0 Å². The van der Waals surface area contributed by atoms with Crippen molar-refractivity contribution in [2.75, 3.05) is 13.1 Å². The lowest BCUT2D eigenvalue weighted by atomic mass is 10.00. The fourth-order valence-electron chi connectivity index (χ4n) is 4.76. The minimum Gasteiger partial charge on any atom is -0.361 e. The molecule has 2 aliphatic heterocycles. The first-order chi connectivity index (χ1) is 15.5. The maximum Gasteiger partial charge on any atom is 0.276 e. The molecule has 166 valence electrons. The lowest BCUT2D eigenvalue weighted by Crippen LogP contribution is -2.38. The Labute approximate surface area is 186 Å². The zero-order valence-electron chi connectivity index (χ0n) is 18.3. The third-order valence-corrected chi connectivity index (χ3v) is 6.46. The largest absolute Gasteiger partial charge is 0.361 e. The fraction of sp³-hybridized carbons (Fsp3) is 0.435. The van der Waals surface area contributed by atoms with Crippen LogP contribution in [0.25, 0.3) is 0 Å². The SMILES string of the molecule is Cc1noc(C)c1C(=O)N1CCC[C@H]1Cn1cc(C(=O)N2CCc3ccccc3C2)nn1. The van der Waals surface area contributed by atoms with E-state index in [4.69, 9.17) is 4.52 Å². The quantitative estimate of drug-likeness (QED) is 0.625. The number of hydrogen-bond acceptors (Lipinski definition) is 6. The molecule has 32 heavy (non-hydrogen) atoms. The molecule has 0 spiro atoms. The molecule has 5 rings (SSSR count). The van der Waals surface area contributed by atoms with Gasteiger partial charge in [-0.1, -0.05) is 34.6 Å². The van der Waals surface area contributed by atoms with Crippen LogP contribution < -0.4 is 0 Å². The fourth-order valence-corrected chi connectivity index (χ4v) is 4.76. The number of rotatable bonds is 4. The molecule has 0 unspecified atom stereocenters. The van der Waals surface area contributed by atoms with Gasteiger partial charge in [-0.25, -0.2) is 4.68 Å². The van der Waals surface area contributed by atoms with E-state index in [-0.39, 0.29) is 17.9 Å². The van der Waals surface area contributed by atoms with Crippen LogP contribution in [0.4, 0.5) is 0 Å². The van der Waals surface area contributed by atoms with Crippen molar-refractivity contribution in [3.63, 3.8) is 0 Å². The molecule has 1 fully saturated rings. The van der Waals surface area contributed by atoms with Crippen molar-refractivity contribution in [2.24, 2.45) is 0 Å². The molecule has 4 heterocycles. The number of fused-ring (bicyclic) bond motifs is 1. The number of amides is 2. The molecule has 0 bridgehead atoms. The molecule has 9 heteroatoms. The monoisotopic (exact) mass is 434 g/mol. The van der Waals surface area contributed by atoms with Crippen LogP contribution in [-0.2, 0) is 19.5 Å². The predicted molar refractivity (Wildman–Crippen MR) is 115 cm³/mol. The number of aromatic nitrogens is 4. The van der Waals surface area contributed by atoms with Crippen LogP contribution in [0, 0.1) is 13.8 Å². The average molecular weight is 435 g/mol. The Morgan fingerprint density at radius 1 is 1.12 bits per heavy atom. The highest BCUT2D eigenvalue weighted by atomic mass is 16.5. The Morgan fingerprint density at radius 2 is 1.94 bits per heavy atom. The molecule has 3 aromatic rings. The summed E-state index contributed by atoms with van der Waals surface area (Å²) in [6, 6.07) is 8.20. The molecule has 0 aliphatic carbocycles. The van der Waals surface area contributed by atoms with Crippen molar-refractivity contribution >= 4 is 11.8 Å². The molecule has 1 aromatic carbocycles. The van der Waals surface area contributed by atoms with Gasteiger partial charge in [0.15, 0.2) is 5.69 Å². The third kappa shape index (κ3) is 3.68. The minimum atomic E-state index is -0.110. The van der Waals surface area contributed by atoms with Gasteiger partial charge in [0.05, 0.1) is 24.5 Å². The molecule has 2 aliphatic rings. The number of hydrogen-bond donors (Lipinski definition) is 0. The van der Waals surface area contributed by atoms with E-state index in [1.54, 1.807) is 24.7 Å². The van der Waals surface area contributed by atoms with E-state index in [1.807, 2.05) is 21.9 Å². The highest BCUT2D eigenvalue weighted by Crippen LogP contribution is 2.24. The van der Waals surface area contributed by atoms with Gasteiger partial charge in [0.1, 0.15) is 11.3 Å². The lowest BCUT2D eigenvalue weighted by Gasteiger charge is -2.28. The van der Waals surface area contributed by atoms with Gasteiger partial charge in [-0.3, -0.25) is 9.59 Å². The summed E-state index contributed by atoms with van der Waals surface area (Å²) in [5.41, 5.74) is 3.96. The second-order valence-corrected chi connectivity index (χ2v) is 8.57. The van der Waals surface area contributed by atoms with Gasteiger partial charge in [0, 0.05) is 19.6 Å². The van der Waals surface area contributed by atoms with Crippen LogP contribution in [0.3, 0.4) is 0 Å². The maximum absolute atomic E-state index is 13.1. The topological polar surface area (TPSA) is 97.4 Å². The highest BCUT2D eigenvalue weighted by molar-refractivity contribution is 5.96. The Kier molecular flexibility index (Phi) is 5.24. The molecule has 0 N–H and O–H groups in total. The number of likely N-dealkylation sites (tertiary alicyclic amines) is 1. The Balaban J connectivity index is 1.27. The van der Waals surface area contributed by atoms with E-state index in [1.165, 1.54) is 11.1 Å². The van der Waals surface area contributed by atoms with E-state index >= 15 is 0 Å². The van der Waals surface area contributed by atoms with Crippen LogP contribution in [0.15, 0.2) is 35.0 Å². The molecular formula is C23H26N6O3. The van der Waals surface area contributed by atoms with Gasteiger partial charge >= 0.3 is 0 Å². The second kappa shape index (κ2) is 8.22. The number of carbonyl (C=O) groups excluding carboxylic acids is 2. The van der Waals surface area contributed by atoms with Crippen LogP contribution in [0.2, 0.25) is 0 Å². The summed E-state index contributed by atoms with van der Waals surface area (Å²) in [5.74, 6) is 0.364. The average Bonchev–Trinajstić information content (AvgIpc) is 3.54. The van der Waals surface area contributed by atoms with Gasteiger partial charge in [0.2, 0.25) is 0 Å². The maximum atomic E-state index is 13.1. The van der Waals surface area contributed by atoms with Gasteiger partial charge in [-0.05, 0) is 44.2 Å². The minimum absolute atomic E-state index is 0.0114. The summed E-state index contributed by atoms with van der Waals surface area (Å²) in [5, 5.41) is 12.2. The summed E-state index contributed by atoms with van der Waals surface area (Å²) in [7, 11) is 0. The second-order valence-electron chi connectivity index (χ2n) is 8.57. The Hall–Kier alpha value is -3.49. The zero-order chi connectivity index (χ0) is 22.2. The molecule has 0 saturated carbocycles. The van der Waals surface area contributed by atoms with E-state index < -0.39 is 0 Å². The summed E-state index contributed by atoms with van der Waals surface area (Å²) in [6.07, 6.45) is 4.34. The van der Waals surface area contributed by atoms with Crippen molar-refractivity contribution in [1.82, 2.24) is 30.0 Å². The molecular weight excluding hydrogens is 408 g/mol. The van der Waals surface area contributed by atoms with Crippen molar-refractivity contribution in [2.45, 2.75) is 52.2 Å². The Morgan fingerprint density at radius 3 is 2.72 bits per heavy atom. The summed E-state index contributed by atoms with van der Waals surface area (Å²) in [6.45, 7) is 5.98. The molecule has 2 amide bonds. The molecule has 0 radical (unpaired) electrons. The number of carbonyl (C=O) groups is 2. The number of benzene rings is 1. The number of nitrogens with zero attached hydrogens (tertiary/aromatic N) is 6. The van der Waals surface area contributed by atoms with Crippen LogP contribution in [0.1, 0.15) is 56.3 Å². The lowest BCUT2D eigenvalue weighted by molar-refractivity contribution is 0.0712. The molecule has 1 atom stereocenters. The Bertz CT molecular complexity index is 1150. The smallest absolute Gasteiger partial charge is 0.276 e. The number of aryl methyl sites for hydroxylation is 2. The van der Waals surface area contributed by atoms with Crippen molar-refractivity contribution in [3.8, 4) is 0 Å². The van der Waals surface area contributed by atoms with Gasteiger partial charge in [-0.15, -0.1) is 5.10 Å². The van der Waals surface area contributed by atoms with Crippen molar-refractivity contribution in [3.05, 3.63) is 64.3 Å². The van der Waals surface area contributed by atoms with Crippen molar-refractivity contribution < 1.29 is 14.1 Å². The normalized spacial score (nSPS) is 18.1. The first kappa shape index (κ1) is 20.4. The first-order valence-electron chi connectivity index (χ1n) is 11.0. The summed E-state index contributed by atoms with van der Waals surface area (Å²) < 4.78 is 6.85. The zero-order valence-corrected chi connectivity index (χ0v) is 18.3. The predicted octanol–water partition coefficient (Wildman–Crippen LogP) is 2.39. The van der Waals surface area contributed by atoms with E-state index in [9.17, 15) is 9.59 Å². The third-order valence-electron chi connectivity index (χ3n) is 6.46. The molecule has 9 nitrogen and oxygen atoms in total. The first-order valence-corrected chi connectivity index (χ1v) is 11.0. The van der Waals surface area contributed by atoms with Gasteiger partial charge in [-0.2, -0.15) is 0 Å². The molecule has 1 saturated heterocycles. The van der Waals surface area contributed by atoms with E-state index in [0.717, 1.165) is 19.3 Å². The summed E-state index contributed by atoms with van der Waals surface area (Å²) in [4.78, 5) is 29.8. The highest BCUT2D eigenvalue weighted by Gasteiger charge is 2.33. The van der Waals surface area contributed by atoms with Gasteiger partial charge < -0.3 is 14.3 Å². The van der Waals surface area contributed by atoms with E-state index in [2.05, 4.69) is 27.6 Å². The van der Waals surface area contributed by atoms with E-state index in [0.29, 0.717) is 48.9 Å². The van der Waals surface area contributed by atoms with Crippen LogP contribution >= 0.6 is 0 Å². The summed E-state index contributed by atoms with van der Waals surface area (Å²) >= 11 is 0. The van der Waals surface area contributed by atoms with Crippen LogP contribution in [-0.4, -0.2) is 60.9 Å². The standard InChI is InChI=1S/C23H26N6O3/c1-15-21(16(2)32-25-15)23(31)29-10-5-8-19(29)13-28-14-20(24-26-28)22(30)27-11-9-17-6-3-4-7-18(17)12-27/h3-4,6-7,14,19H,5,8-13H2,1-2H3/t19-/m0/s1. The van der Waals surface area contributed by atoms with Gasteiger partial charge in [0.25, 0.3) is 11.8 Å².